The highest BCUT2D eigenvalue weighted by Gasteiger charge is 2.41. The summed E-state index contributed by atoms with van der Waals surface area (Å²) >= 11 is 0. The van der Waals surface area contributed by atoms with E-state index in [9.17, 15) is 4.79 Å². The Morgan fingerprint density at radius 1 is 1.28 bits per heavy atom. The first-order chi connectivity index (χ1) is 14.0. The van der Waals surface area contributed by atoms with Gasteiger partial charge in [0.05, 0.1) is 19.0 Å². The molecule has 1 N–H and O–H groups in total. The van der Waals surface area contributed by atoms with E-state index in [1.165, 1.54) is 12.8 Å². The summed E-state index contributed by atoms with van der Waals surface area (Å²) in [5.41, 5.74) is 2.71. The van der Waals surface area contributed by atoms with E-state index < -0.39 is 0 Å². The third-order valence-electron chi connectivity index (χ3n) is 6.02. The third-order valence-corrected chi connectivity index (χ3v) is 6.02. The van der Waals surface area contributed by atoms with Gasteiger partial charge in [-0.05, 0) is 43.9 Å². The lowest BCUT2D eigenvalue weighted by molar-refractivity contribution is -0.120. The van der Waals surface area contributed by atoms with Crippen molar-refractivity contribution in [2.45, 2.75) is 58.0 Å². The Labute approximate surface area is 172 Å². The Hall–Kier alpha value is -2.83. The van der Waals surface area contributed by atoms with Gasteiger partial charge in [0.1, 0.15) is 17.5 Å². The summed E-state index contributed by atoms with van der Waals surface area (Å²) in [7, 11) is 3.47. The number of amides is 1. The van der Waals surface area contributed by atoms with Crippen LogP contribution in [-0.4, -0.2) is 42.1 Å². The van der Waals surface area contributed by atoms with E-state index in [2.05, 4.69) is 22.1 Å². The number of ether oxygens (including phenoxy) is 1. The van der Waals surface area contributed by atoms with Crippen LogP contribution in [0, 0.1) is 6.92 Å². The zero-order valence-electron chi connectivity index (χ0n) is 17.6. The molecule has 1 aromatic carbocycles. The second kappa shape index (κ2) is 7.89. The molecule has 7 nitrogen and oxygen atoms in total. The van der Waals surface area contributed by atoms with Crippen LogP contribution in [0.4, 0.5) is 23.1 Å². The third kappa shape index (κ3) is 3.50. The fraction of sp³-hybridized carbons (Fsp3) is 0.500. The standard InChI is InChI=1S/C22H29N5O2/c1-5-17-21(28)26(3)18-13-23-22(24-16-11-10-14(2)12-19(16)29-4)25-20(18)27(17)15-8-6-7-9-15/h10-13,15,17H,5-9H2,1-4H3,(H,23,24,25)/t17-/m0/s1. The van der Waals surface area contributed by atoms with Crippen molar-refractivity contribution in [1.29, 1.82) is 0 Å². The number of nitrogens with one attached hydrogen (secondary N) is 1. The van der Waals surface area contributed by atoms with E-state index in [0.29, 0.717) is 12.0 Å². The fourth-order valence-electron chi connectivity index (χ4n) is 4.47. The van der Waals surface area contributed by atoms with E-state index in [0.717, 1.165) is 47.8 Å². The summed E-state index contributed by atoms with van der Waals surface area (Å²) in [6, 6.07) is 6.15. The number of carbonyl (C=O) groups excluding carboxylic acids is 1. The summed E-state index contributed by atoms with van der Waals surface area (Å²) in [6.07, 6.45) is 7.12. The lowest BCUT2D eigenvalue weighted by atomic mass is 10.0. The van der Waals surface area contributed by atoms with Crippen molar-refractivity contribution in [2.75, 3.05) is 29.3 Å². The zero-order valence-corrected chi connectivity index (χ0v) is 17.6. The molecule has 154 valence electrons. The van der Waals surface area contributed by atoms with Gasteiger partial charge in [-0.15, -0.1) is 0 Å². The molecule has 1 saturated carbocycles. The normalized spacial score (nSPS) is 19.4. The second-order valence-electron chi connectivity index (χ2n) is 7.90. The predicted molar refractivity (Wildman–Crippen MR) is 115 cm³/mol. The maximum absolute atomic E-state index is 13.0. The fourth-order valence-corrected chi connectivity index (χ4v) is 4.47. The lowest BCUT2D eigenvalue weighted by Gasteiger charge is -2.43. The maximum atomic E-state index is 13.0. The number of anilines is 4. The van der Waals surface area contributed by atoms with Crippen LogP contribution in [0.15, 0.2) is 24.4 Å². The van der Waals surface area contributed by atoms with Crippen LogP contribution in [0.25, 0.3) is 0 Å². The van der Waals surface area contributed by atoms with Crippen LogP contribution in [0.3, 0.4) is 0 Å². The Bertz CT molecular complexity index is 910. The number of hydrogen-bond donors (Lipinski definition) is 1. The summed E-state index contributed by atoms with van der Waals surface area (Å²) in [5, 5.41) is 3.29. The van der Waals surface area contributed by atoms with Crippen LogP contribution >= 0.6 is 0 Å². The molecule has 4 rings (SSSR count). The number of fused-ring (bicyclic) bond motifs is 1. The SMILES string of the molecule is CC[C@H]1C(=O)N(C)c2cnc(Nc3ccc(C)cc3OC)nc2N1C1CCCC1. The van der Waals surface area contributed by atoms with Gasteiger partial charge in [-0.1, -0.05) is 25.8 Å². The van der Waals surface area contributed by atoms with E-state index in [-0.39, 0.29) is 11.9 Å². The molecule has 2 heterocycles. The number of rotatable bonds is 5. The van der Waals surface area contributed by atoms with E-state index in [1.807, 2.05) is 32.2 Å². The quantitative estimate of drug-likeness (QED) is 0.824. The molecule has 1 amide bonds. The molecule has 0 unspecified atom stereocenters. The van der Waals surface area contributed by atoms with Crippen LogP contribution in [-0.2, 0) is 4.79 Å². The zero-order chi connectivity index (χ0) is 20.5. The molecular weight excluding hydrogens is 366 g/mol. The molecule has 1 aliphatic heterocycles. The molecule has 0 saturated heterocycles. The van der Waals surface area contributed by atoms with Gasteiger partial charge in [0, 0.05) is 13.1 Å². The van der Waals surface area contributed by atoms with Crippen LogP contribution in [0.1, 0.15) is 44.6 Å². The highest BCUT2D eigenvalue weighted by Crippen LogP contribution is 2.40. The molecule has 7 heteroatoms. The van der Waals surface area contributed by atoms with Gasteiger partial charge in [-0.25, -0.2) is 4.98 Å². The monoisotopic (exact) mass is 395 g/mol. The summed E-state index contributed by atoms with van der Waals surface area (Å²) in [5.74, 6) is 2.22. The summed E-state index contributed by atoms with van der Waals surface area (Å²) in [6.45, 7) is 4.10. The largest absolute Gasteiger partial charge is 0.495 e. The van der Waals surface area contributed by atoms with Crippen molar-refractivity contribution in [3.05, 3.63) is 30.0 Å². The van der Waals surface area contributed by atoms with Crippen molar-refractivity contribution < 1.29 is 9.53 Å². The molecule has 0 bridgehead atoms. The Morgan fingerprint density at radius 2 is 2.03 bits per heavy atom. The summed E-state index contributed by atoms with van der Waals surface area (Å²) in [4.78, 5) is 26.3. The minimum atomic E-state index is -0.174. The van der Waals surface area contributed by atoms with Crippen molar-refractivity contribution >= 4 is 29.0 Å². The van der Waals surface area contributed by atoms with Crippen molar-refractivity contribution in [3.8, 4) is 5.75 Å². The van der Waals surface area contributed by atoms with Gasteiger partial charge >= 0.3 is 0 Å². The summed E-state index contributed by atoms with van der Waals surface area (Å²) < 4.78 is 5.50. The molecule has 2 aliphatic rings. The number of carbonyl (C=O) groups is 1. The molecular formula is C22H29N5O2. The lowest BCUT2D eigenvalue weighted by Crippen LogP contribution is -2.55. The van der Waals surface area contributed by atoms with E-state index in [4.69, 9.17) is 9.72 Å². The average Bonchev–Trinajstić information content (AvgIpc) is 3.26. The first-order valence-electron chi connectivity index (χ1n) is 10.4. The first-order valence-corrected chi connectivity index (χ1v) is 10.4. The van der Waals surface area contributed by atoms with Crippen LogP contribution in [0.2, 0.25) is 0 Å². The number of likely N-dealkylation sites (N-methyl/N-ethyl adjacent to an activating group) is 1. The second-order valence-corrected chi connectivity index (χ2v) is 7.90. The number of aromatic nitrogens is 2. The molecule has 1 aromatic heterocycles. The van der Waals surface area contributed by atoms with Crippen molar-refractivity contribution in [2.24, 2.45) is 0 Å². The van der Waals surface area contributed by atoms with Crippen molar-refractivity contribution in [3.63, 3.8) is 0 Å². The van der Waals surface area contributed by atoms with Gasteiger partial charge in [-0.2, -0.15) is 4.98 Å². The molecule has 0 radical (unpaired) electrons. The van der Waals surface area contributed by atoms with Crippen LogP contribution < -0.4 is 19.9 Å². The van der Waals surface area contributed by atoms with Gasteiger partial charge in [0.15, 0.2) is 5.82 Å². The number of nitrogens with zero attached hydrogens (tertiary/aromatic N) is 4. The molecule has 2 aromatic rings. The van der Waals surface area contributed by atoms with E-state index in [1.54, 1.807) is 18.2 Å². The Balaban J connectivity index is 1.74. The predicted octanol–water partition coefficient (Wildman–Crippen LogP) is 4.04. The topological polar surface area (TPSA) is 70.6 Å². The molecule has 1 fully saturated rings. The van der Waals surface area contributed by atoms with E-state index >= 15 is 0 Å². The Morgan fingerprint density at radius 3 is 2.72 bits per heavy atom. The minimum absolute atomic E-state index is 0.122. The molecule has 1 atom stereocenters. The maximum Gasteiger partial charge on any atom is 0.249 e. The van der Waals surface area contributed by atoms with Gasteiger partial charge in [0.25, 0.3) is 0 Å². The van der Waals surface area contributed by atoms with Crippen LogP contribution in [0.5, 0.6) is 5.75 Å². The molecule has 1 aliphatic carbocycles. The minimum Gasteiger partial charge on any atom is -0.495 e. The number of aryl methyl sites for hydroxylation is 1. The first kappa shape index (κ1) is 19.5. The highest BCUT2D eigenvalue weighted by atomic mass is 16.5. The van der Waals surface area contributed by atoms with Gasteiger partial charge in [-0.3, -0.25) is 4.79 Å². The smallest absolute Gasteiger partial charge is 0.249 e. The number of hydrogen-bond acceptors (Lipinski definition) is 6. The van der Waals surface area contributed by atoms with Gasteiger partial charge < -0.3 is 19.9 Å². The highest BCUT2D eigenvalue weighted by molar-refractivity contribution is 6.04. The average molecular weight is 396 g/mol. The van der Waals surface area contributed by atoms with Crippen molar-refractivity contribution in [1.82, 2.24) is 9.97 Å². The van der Waals surface area contributed by atoms with Gasteiger partial charge in [0.2, 0.25) is 11.9 Å². The Kier molecular flexibility index (Phi) is 5.30. The number of benzene rings is 1. The number of methoxy groups -OCH3 is 1. The molecule has 0 spiro atoms. The molecule has 29 heavy (non-hydrogen) atoms.